The molecule has 2 aromatic rings. The van der Waals surface area contributed by atoms with Crippen LogP contribution in [0.3, 0.4) is 0 Å². The number of ether oxygens (including phenoxy) is 5. The molecule has 0 heterocycles. The Labute approximate surface area is 213 Å². The van der Waals surface area contributed by atoms with Crippen molar-refractivity contribution >= 4 is 6.09 Å². The zero-order valence-electron chi connectivity index (χ0n) is 22.9. The number of aryl methyl sites for hydroxylation is 1. The van der Waals surface area contributed by atoms with E-state index in [0.717, 1.165) is 16.7 Å². The van der Waals surface area contributed by atoms with Crippen molar-refractivity contribution in [2.75, 3.05) is 27.9 Å². The predicted octanol–water partition coefficient (Wildman–Crippen LogP) is 5.68. The molecule has 0 aliphatic heterocycles. The highest BCUT2D eigenvalue weighted by atomic mass is 16.6. The second-order valence-corrected chi connectivity index (χ2v) is 8.93. The Morgan fingerprint density at radius 1 is 1.00 bits per heavy atom. The van der Waals surface area contributed by atoms with Gasteiger partial charge in [0.1, 0.15) is 5.60 Å². The Kier molecular flexibility index (Phi) is 10.0. The summed E-state index contributed by atoms with van der Waals surface area (Å²) in [6, 6.07) is 6.40. The monoisotopic (exact) mass is 501 g/mol. The van der Waals surface area contributed by atoms with Gasteiger partial charge in [-0.25, -0.2) is 4.79 Å². The first-order valence-corrected chi connectivity index (χ1v) is 12.3. The van der Waals surface area contributed by atoms with E-state index in [0.29, 0.717) is 42.3 Å². The SMILES string of the molecule is CC.CCOc1c(OC)c(OC)cc2c1-c1ccc(OC)c(=O)cc1C(NC(=O)OC(C)(C)C)CC2. The lowest BCUT2D eigenvalue weighted by atomic mass is 9.95. The Bertz CT molecular complexity index is 1120. The van der Waals surface area contributed by atoms with Gasteiger partial charge in [-0.2, -0.15) is 0 Å². The van der Waals surface area contributed by atoms with Crippen molar-refractivity contribution in [1.29, 1.82) is 0 Å². The van der Waals surface area contributed by atoms with E-state index in [1.165, 1.54) is 13.2 Å². The van der Waals surface area contributed by atoms with Crippen LogP contribution in [0.2, 0.25) is 0 Å². The molecule has 0 fully saturated rings. The van der Waals surface area contributed by atoms with Crippen LogP contribution in [-0.2, 0) is 11.2 Å². The van der Waals surface area contributed by atoms with Crippen LogP contribution >= 0.6 is 0 Å². The van der Waals surface area contributed by atoms with Gasteiger partial charge in [0.2, 0.25) is 11.2 Å². The smallest absolute Gasteiger partial charge is 0.408 e. The Balaban J connectivity index is 0.00000222. The molecule has 2 aromatic carbocycles. The quantitative estimate of drug-likeness (QED) is 0.545. The highest BCUT2D eigenvalue weighted by Gasteiger charge is 2.31. The minimum Gasteiger partial charge on any atom is -0.493 e. The Morgan fingerprint density at radius 2 is 1.67 bits per heavy atom. The van der Waals surface area contributed by atoms with Crippen LogP contribution in [0.25, 0.3) is 11.1 Å². The van der Waals surface area contributed by atoms with Crippen molar-refractivity contribution in [3.05, 3.63) is 45.6 Å². The number of nitrogens with one attached hydrogen (secondary N) is 1. The third-order valence-corrected chi connectivity index (χ3v) is 5.50. The van der Waals surface area contributed by atoms with E-state index in [1.807, 2.05) is 32.9 Å². The van der Waals surface area contributed by atoms with Gasteiger partial charge in [0.15, 0.2) is 17.2 Å². The van der Waals surface area contributed by atoms with E-state index in [2.05, 4.69) is 5.32 Å². The second kappa shape index (κ2) is 12.5. The highest BCUT2D eigenvalue weighted by molar-refractivity contribution is 5.83. The standard InChI is InChI=1S/C26H33NO7.C2H6/c1-8-33-24-22-15(13-21(31-6)23(24)32-7)9-11-18(27-25(29)34-26(2,3)4)17-14-19(28)20(30-5)12-10-16(17)22;1-2/h10,12-14,18H,8-9,11H2,1-7H3,(H,27,29);1-2H3. The molecule has 8 heteroatoms. The van der Waals surface area contributed by atoms with Gasteiger partial charge in [0.25, 0.3) is 0 Å². The Morgan fingerprint density at radius 3 is 2.22 bits per heavy atom. The first-order valence-electron chi connectivity index (χ1n) is 12.3. The summed E-state index contributed by atoms with van der Waals surface area (Å²) in [6.07, 6.45) is 0.576. The van der Waals surface area contributed by atoms with Gasteiger partial charge in [-0.1, -0.05) is 19.9 Å². The maximum atomic E-state index is 12.9. The number of methoxy groups -OCH3 is 3. The number of fused-ring (bicyclic) bond motifs is 3. The molecule has 0 saturated heterocycles. The van der Waals surface area contributed by atoms with Crippen LogP contribution < -0.4 is 29.7 Å². The number of rotatable bonds is 6. The second-order valence-electron chi connectivity index (χ2n) is 8.93. The molecular formula is C28H39NO7. The molecule has 1 aliphatic rings. The summed E-state index contributed by atoms with van der Waals surface area (Å²) in [5, 5.41) is 2.95. The summed E-state index contributed by atoms with van der Waals surface area (Å²) in [5.41, 5.74) is 2.18. The van der Waals surface area contributed by atoms with Crippen LogP contribution in [0.15, 0.2) is 29.1 Å². The van der Waals surface area contributed by atoms with Crippen molar-refractivity contribution in [2.24, 2.45) is 0 Å². The summed E-state index contributed by atoms with van der Waals surface area (Å²) in [5.74, 6) is 1.74. The average Bonchev–Trinajstić information content (AvgIpc) is 3.07. The number of hydrogen-bond acceptors (Lipinski definition) is 7. The van der Waals surface area contributed by atoms with Gasteiger partial charge < -0.3 is 29.0 Å². The van der Waals surface area contributed by atoms with Gasteiger partial charge in [-0.15, -0.1) is 0 Å². The van der Waals surface area contributed by atoms with E-state index < -0.39 is 17.7 Å². The van der Waals surface area contributed by atoms with E-state index in [4.69, 9.17) is 23.7 Å². The van der Waals surface area contributed by atoms with Crippen molar-refractivity contribution in [3.63, 3.8) is 0 Å². The largest absolute Gasteiger partial charge is 0.493 e. The van der Waals surface area contributed by atoms with Crippen LogP contribution in [0, 0.1) is 0 Å². The van der Waals surface area contributed by atoms with E-state index >= 15 is 0 Å². The summed E-state index contributed by atoms with van der Waals surface area (Å²) in [4.78, 5) is 25.6. The fourth-order valence-electron chi connectivity index (χ4n) is 4.15. The summed E-state index contributed by atoms with van der Waals surface area (Å²) in [6.45, 7) is 11.7. The van der Waals surface area contributed by atoms with E-state index in [1.54, 1.807) is 41.1 Å². The summed E-state index contributed by atoms with van der Waals surface area (Å²) >= 11 is 0. The van der Waals surface area contributed by atoms with Gasteiger partial charge in [-0.05, 0) is 75.4 Å². The third-order valence-electron chi connectivity index (χ3n) is 5.50. The molecular weight excluding hydrogens is 462 g/mol. The maximum Gasteiger partial charge on any atom is 0.408 e. The first kappa shape index (κ1) is 28.8. The average molecular weight is 502 g/mol. The summed E-state index contributed by atoms with van der Waals surface area (Å²) in [7, 11) is 4.58. The van der Waals surface area contributed by atoms with Gasteiger partial charge in [0, 0.05) is 5.56 Å². The predicted molar refractivity (Wildman–Crippen MR) is 141 cm³/mol. The zero-order chi connectivity index (χ0) is 27.0. The zero-order valence-corrected chi connectivity index (χ0v) is 22.9. The fourth-order valence-corrected chi connectivity index (χ4v) is 4.15. The van der Waals surface area contributed by atoms with Crippen LogP contribution in [-0.4, -0.2) is 39.6 Å². The molecule has 1 amide bonds. The van der Waals surface area contributed by atoms with Crippen LogP contribution in [0.5, 0.6) is 23.0 Å². The summed E-state index contributed by atoms with van der Waals surface area (Å²) < 4.78 is 28.1. The molecule has 1 aliphatic carbocycles. The van der Waals surface area contributed by atoms with E-state index in [9.17, 15) is 9.59 Å². The number of alkyl carbamates (subject to hydrolysis) is 1. The molecule has 3 rings (SSSR count). The fraction of sp³-hybridized carbons (Fsp3) is 0.500. The number of amides is 1. The minimum atomic E-state index is -0.655. The molecule has 36 heavy (non-hydrogen) atoms. The molecule has 0 bridgehead atoms. The molecule has 0 saturated carbocycles. The maximum absolute atomic E-state index is 12.9. The lowest BCUT2D eigenvalue weighted by Gasteiger charge is -2.23. The molecule has 1 N–H and O–H groups in total. The topological polar surface area (TPSA) is 92.3 Å². The molecule has 0 spiro atoms. The molecule has 198 valence electrons. The lowest BCUT2D eigenvalue weighted by molar-refractivity contribution is 0.0501. The number of benzene rings is 1. The molecule has 0 aromatic heterocycles. The van der Waals surface area contributed by atoms with Crippen molar-refractivity contribution in [2.45, 2.75) is 66.0 Å². The van der Waals surface area contributed by atoms with E-state index in [-0.39, 0.29) is 11.2 Å². The molecule has 8 nitrogen and oxygen atoms in total. The molecule has 1 unspecified atom stereocenters. The van der Waals surface area contributed by atoms with Gasteiger partial charge >= 0.3 is 6.09 Å². The number of carbonyl (C=O) groups excluding carboxylic acids is 1. The van der Waals surface area contributed by atoms with Crippen molar-refractivity contribution < 1.29 is 28.5 Å². The minimum absolute atomic E-state index is 0.198. The molecule has 1 atom stereocenters. The Hall–Kier alpha value is -3.42. The molecule has 0 radical (unpaired) electrons. The van der Waals surface area contributed by atoms with Gasteiger partial charge in [-0.3, -0.25) is 4.79 Å². The van der Waals surface area contributed by atoms with Gasteiger partial charge in [0.05, 0.1) is 34.0 Å². The van der Waals surface area contributed by atoms with Crippen LogP contribution in [0.4, 0.5) is 4.79 Å². The van der Waals surface area contributed by atoms with Crippen LogP contribution in [0.1, 0.15) is 65.1 Å². The number of hydrogen-bond donors (Lipinski definition) is 1. The first-order chi connectivity index (χ1) is 17.1. The lowest BCUT2D eigenvalue weighted by Crippen LogP contribution is -2.35. The number of carbonyl (C=O) groups is 1. The van der Waals surface area contributed by atoms with Crippen molar-refractivity contribution in [3.8, 4) is 34.1 Å². The normalized spacial score (nSPS) is 14.1. The third kappa shape index (κ3) is 6.42. The highest BCUT2D eigenvalue weighted by Crippen LogP contribution is 2.50. The van der Waals surface area contributed by atoms with Crippen molar-refractivity contribution in [1.82, 2.24) is 5.32 Å².